The van der Waals surface area contributed by atoms with Crippen LogP contribution in [0.3, 0.4) is 0 Å². The number of ether oxygens (including phenoxy) is 1. The topological polar surface area (TPSA) is 35.2 Å². The summed E-state index contributed by atoms with van der Waals surface area (Å²) >= 11 is 9.70. The van der Waals surface area contributed by atoms with Crippen LogP contribution in [0.5, 0.6) is 5.75 Å². The first-order chi connectivity index (χ1) is 9.49. The number of aryl methyl sites for hydroxylation is 1. The van der Waals surface area contributed by atoms with E-state index in [1.165, 1.54) is 0 Å². The highest BCUT2D eigenvalue weighted by Gasteiger charge is 2.21. The number of benzene rings is 2. The second kappa shape index (κ2) is 6.61. The van der Waals surface area contributed by atoms with E-state index in [2.05, 4.69) is 15.9 Å². The van der Waals surface area contributed by atoms with E-state index >= 15 is 0 Å². The van der Waals surface area contributed by atoms with Gasteiger partial charge in [-0.05, 0) is 43.7 Å². The highest BCUT2D eigenvalue weighted by molar-refractivity contribution is 9.10. The van der Waals surface area contributed by atoms with E-state index in [1.807, 2.05) is 56.3 Å². The predicted molar refractivity (Wildman–Crippen MR) is 87.3 cm³/mol. The lowest BCUT2D eigenvalue weighted by molar-refractivity contribution is 0.179. The molecule has 0 aliphatic heterocycles. The molecule has 2 rings (SSSR count). The monoisotopic (exact) mass is 353 g/mol. The molecule has 2 atom stereocenters. The smallest absolute Gasteiger partial charge is 0.140 e. The van der Waals surface area contributed by atoms with Crippen molar-refractivity contribution >= 4 is 27.5 Å². The van der Waals surface area contributed by atoms with Crippen molar-refractivity contribution in [2.24, 2.45) is 5.73 Å². The first-order valence-corrected chi connectivity index (χ1v) is 7.59. The zero-order chi connectivity index (χ0) is 14.7. The lowest BCUT2D eigenvalue weighted by Crippen LogP contribution is -2.29. The Morgan fingerprint density at radius 1 is 1.20 bits per heavy atom. The second-order valence-electron chi connectivity index (χ2n) is 4.83. The Balaban J connectivity index is 2.33. The van der Waals surface area contributed by atoms with Crippen molar-refractivity contribution in [3.63, 3.8) is 0 Å². The number of hydrogen-bond acceptors (Lipinski definition) is 2. The van der Waals surface area contributed by atoms with E-state index in [4.69, 9.17) is 22.1 Å². The van der Waals surface area contributed by atoms with Crippen molar-refractivity contribution in [2.75, 3.05) is 0 Å². The first-order valence-electron chi connectivity index (χ1n) is 6.42. The van der Waals surface area contributed by atoms with Crippen LogP contribution in [0.25, 0.3) is 0 Å². The fourth-order valence-electron chi connectivity index (χ4n) is 2.04. The minimum Gasteiger partial charge on any atom is -0.484 e. The van der Waals surface area contributed by atoms with E-state index in [9.17, 15) is 0 Å². The molecule has 0 aliphatic rings. The molecular weight excluding hydrogens is 338 g/mol. The van der Waals surface area contributed by atoms with Gasteiger partial charge in [-0.25, -0.2) is 0 Å². The number of nitrogens with two attached hydrogens (primary N) is 1. The maximum absolute atomic E-state index is 6.25. The van der Waals surface area contributed by atoms with Crippen LogP contribution in [-0.2, 0) is 0 Å². The van der Waals surface area contributed by atoms with Crippen molar-refractivity contribution in [1.82, 2.24) is 0 Å². The molecule has 2 nitrogen and oxygen atoms in total. The average Bonchev–Trinajstić information content (AvgIpc) is 2.39. The van der Waals surface area contributed by atoms with Crippen LogP contribution in [0.15, 0.2) is 46.9 Å². The summed E-state index contributed by atoms with van der Waals surface area (Å²) in [5, 5.41) is 0.671. The van der Waals surface area contributed by atoms with Crippen molar-refractivity contribution in [1.29, 1.82) is 0 Å². The summed E-state index contributed by atoms with van der Waals surface area (Å²) < 4.78 is 7.12. The largest absolute Gasteiger partial charge is 0.484 e. The number of hydrogen-bond donors (Lipinski definition) is 1. The van der Waals surface area contributed by atoms with Crippen LogP contribution in [0.4, 0.5) is 0 Å². The Morgan fingerprint density at radius 2 is 1.90 bits per heavy atom. The quantitative estimate of drug-likeness (QED) is 0.849. The highest BCUT2D eigenvalue weighted by atomic mass is 79.9. The third kappa shape index (κ3) is 3.54. The summed E-state index contributed by atoms with van der Waals surface area (Å²) in [4.78, 5) is 0. The Kier molecular flexibility index (Phi) is 5.08. The summed E-state index contributed by atoms with van der Waals surface area (Å²) in [6, 6.07) is 13.4. The fraction of sp³-hybridized carbons (Fsp3) is 0.250. The van der Waals surface area contributed by atoms with Crippen molar-refractivity contribution in [3.8, 4) is 5.75 Å². The van der Waals surface area contributed by atoms with Gasteiger partial charge in [-0.3, -0.25) is 0 Å². The molecule has 0 radical (unpaired) electrons. The molecule has 0 amide bonds. The third-order valence-corrected chi connectivity index (χ3v) is 3.92. The highest BCUT2D eigenvalue weighted by Crippen LogP contribution is 2.31. The van der Waals surface area contributed by atoms with Gasteiger partial charge in [0, 0.05) is 21.1 Å². The summed E-state index contributed by atoms with van der Waals surface area (Å²) in [6.45, 7) is 3.92. The van der Waals surface area contributed by atoms with Crippen molar-refractivity contribution in [3.05, 3.63) is 63.1 Å². The van der Waals surface area contributed by atoms with Gasteiger partial charge < -0.3 is 10.5 Å². The van der Waals surface area contributed by atoms with Gasteiger partial charge in [0.15, 0.2) is 0 Å². The predicted octanol–water partition coefficient (Wildman–Crippen LogP) is 4.88. The van der Waals surface area contributed by atoms with Gasteiger partial charge in [-0.1, -0.05) is 45.7 Å². The van der Waals surface area contributed by atoms with E-state index in [-0.39, 0.29) is 12.1 Å². The lowest BCUT2D eigenvalue weighted by atomic mass is 10.0. The SMILES string of the molecule is Cc1cc(Br)ccc1OC(c1ccccc1Cl)C(C)N. The normalized spacial score (nSPS) is 13.8. The molecule has 0 spiro atoms. The Hall–Kier alpha value is -1.03. The molecule has 0 aromatic heterocycles. The molecule has 2 N–H and O–H groups in total. The minimum atomic E-state index is -0.274. The molecule has 0 saturated heterocycles. The number of rotatable bonds is 4. The van der Waals surface area contributed by atoms with Gasteiger partial charge in [0.25, 0.3) is 0 Å². The molecule has 2 unspecified atom stereocenters. The summed E-state index contributed by atoms with van der Waals surface area (Å²) in [5.74, 6) is 0.815. The molecule has 2 aromatic rings. The molecule has 2 aromatic carbocycles. The van der Waals surface area contributed by atoms with Crippen LogP contribution in [0.1, 0.15) is 24.2 Å². The lowest BCUT2D eigenvalue weighted by Gasteiger charge is -2.24. The molecule has 0 heterocycles. The van der Waals surface area contributed by atoms with E-state index in [0.29, 0.717) is 5.02 Å². The van der Waals surface area contributed by atoms with Crippen LogP contribution in [-0.4, -0.2) is 6.04 Å². The molecule has 4 heteroatoms. The molecule has 0 fully saturated rings. The molecule has 106 valence electrons. The Bertz CT molecular complexity index is 601. The maximum Gasteiger partial charge on any atom is 0.140 e. The summed E-state index contributed by atoms with van der Waals surface area (Å²) in [7, 11) is 0. The van der Waals surface area contributed by atoms with E-state index < -0.39 is 0 Å². The zero-order valence-corrected chi connectivity index (χ0v) is 13.8. The van der Waals surface area contributed by atoms with Gasteiger partial charge in [0.05, 0.1) is 0 Å². The fourth-order valence-corrected chi connectivity index (χ4v) is 2.76. The van der Waals surface area contributed by atoms with Crippen molar-refractivity contribution < 1.29 is 4.74 Å². The van der Waals surface area contributed by atoms with Gasteiger partial charge in [-0.2, -0.15) is 0 Å². The summed E-state index contributed by atoms with van der Waals surface area (Å²) in [6.07, 6.45) is -0.274. The van der Waals surface area contributed by atoms with Crippen molar-refractivity contribution in [2.45, 2.75) is 26.0 Å². The van der Waals surface area contributed by atoms with E-state index in [1.54, 1.807) is 0 Å². The van der Waals surface area contributed by atoms with Gasteiger partial charge >= 0.3 is 0 Å². The Labute approximate surface area is 133 Å². The zero-order valence-electron chi connectivity index (χ0n) is 11.4. The molecular formula is C16H17BrClNO. The second-order valence-corrected chi connectivity index (χ2v) is 6.15. The molecule has 0 saturated carbocycles. The van der Waals surface area contributed by atoms with Crippen LogP contribution in [0, 0.1) is 6.92 Å². The van der Waals surface area contributed by atoms with E-state index in [0.717, 1.165) is 21.3 Å². The number of halogens is 2. The Morgan fingerprint density at radius 3 is 2.50 bits per heavy atom. The van der Waals surface area contributed by atoms with Gasteiger partial charge in [-0.15, -0.1) is 0 Å². The van der Waals surface area contributed by atoms with Crippen LogP contribution in [0.2, 0.25) is 5.02 Å². The molecule has 0 aliphatic carbocycles. The maximum atomic E-state index is 6.25. The first kappa shape index (κ1) is 15.4. The van der Waals surface area contributed by atoms with Crippen LogP contribution < -0.4 is 10.5 Å². The summed E-state index contributed by atoms with van der Waals surface area (Å²) in [5.41, 5.74) is 8.03. The molecule has 20 heavy (non-hydrogen) atoms. The van der Waals surface area contributed by atoms with Gasteiger partial charge in [0.1, 0.15) is 11.9 Å². The van der Waals surface area contributed by atoms with Gasteiger partial charge in [0.2, 0.25) is 0 Å². The van der Waals surface area contributed by atoms with Crippen LogP contribution >= 0.6 is 27.5 Å². The standard InChI is InChI=1S/C16H17BrClNO/c1-10-9-12(17)7-8-15(10)20-16(11(2)19)13-5-3-4-6-14(13)18/h3-9,11,16H,19H2,1-2H3. The minimum absolute atomic E-state index is 0.169. The average molecular weight is 355 g/mol. The molecule has 0 bridgehead atoms. The third-order valence-electron chi connectivity index (χ3n) is 3.08.